The largest absolute Gasteiger partial charge is 0.419 e. The number of morpholine rings is 1. The van der Waals surface area contributed by atoms with Crippen LogP contribution >= 0.6 is 0 Å². The number of nitrogens with one attached hydrogen (secondary N) is 2. The summed E-state index contributed by atoms with van der Waals surface area (Å²) in [4.78, 5) is 5.81. The fraction of sp³-hybridized carbons (Fsp3) is 0.412. The Bertz CT molecular complexity index is 699. The topological polar surface area (TPSA) is 75.5 Å². The minimum absolute atomic E-state index is 0.306. The number of quaternary nitrogens is 1. The first-order valence-corrected chi connectivity index (χ1v) is 7.90. The van der Waals surface area contributed by atoms with Crippen LogP contribution in [0.15, 0.2) is 28.7 Å². The van der Waals surface area contributed by atoms with E-state index in [0.29, 0.717) is 17.5 Å². The van der Waals surface area contributed by atoms with Crippen molar-refractivity contribution >= 4 is 5.88 Å². The summed E-state index contributed by atoms with van der Waals surface area (Å²) in [5, 5.41) is 12.5. The smallest absolute Gasteiger partial charge is 0.232 e. The number of anilines is 1. The molecule has 6 nitrogen and oxygen atoms in total. The number of hydrogen-bond acceptors (Lipinski definition) is 5. The first-order valence-electron chi connectivity index (χ1n) is 7.90. The lowest BCUT2D eigenvalue weighted by molar-refractivity contribution is -0.906. The highest BCUT2D eigenvalue weighted by atomic mass is 16.5. The van der Waals surface area contributed by atoms with Crippen molar-refractivity contribution in [3.05, 3.63) is 35.5 Å². The molecule has 120 valence electrons. The molecule has 0 unspecified atom stereocenters. The Hall–Kier alpha value is -2.36. The van der Waals surface area contributed by atoms with Crippen LogP contribution in [-0.2, 0) is 4.74 Å². The van der Waals surface area contributed by atoms with E-state index in [1.807, 2.05) is 31.2 Å². The quantitative estimate of drug-likeness (QED) is 0.856. The second-order valence-electron chi connectivity index (χ2n) is 5.66. The molecule has 1 saturated heterocycles. The average molecular weight is 313 g/mol. The van der Waals surface area contributed by atoms with E-state index >= 15 is 0 Å². The van der Waals surface area contributed by atoms with Crippen LogP contribution in [0.2, 0.25) is 0 Å². The molecule has 0 spiro atoms. The Morgan fingerprint density at radius 1 is 1.30 bits per heavy atom. The van der Waals surface area contributed by atoms with Gasteiger partial charge in [-0.05, 0) is 18.6 Å². The lowest BCUT2D eigenvalue weighted by Gasteiger charge is -2.23. The summed E-state index contributed by atoms with van der Waals surface area (Å²) in [6, 6.07) is 9.96. The maximum Gasteiger partial charge on any atom is 0.232 e. The van der Waals surface area contributed by atoms with E-state index in [1.165, 1.54) is 4.90 Å². The molecule has 2 aromatic rings. The molecular weight excluding hydrogens is 292 g/mol. The van der Waals surface area contributed by atoms with Crippen LogP contribution in [0.5, 0.6) is 0 Å². The van der Waals surface area contributed by atoms with Crippen LogP contribution < -0.4 is 10.2 Å². The van der Waals surface area contributed by atoms with E-state index in [-0.39, 0.29) is 0 Å². The molecule has 0 atom stereocenters. The molecule has 2 N–H and O–H groups in total. The Balaban J connectivity index is 1.67. The maximum atomic E-state index is 9.26. The van der Waals surface area contributed by atoms with E-state index in [2.05, 4.69) is 16.4 Å². The Labute approximate surface area is 135 Å². The van der Waals surface area contributed by atoms with Gasteiger partial charge in [-0.2, -0.15) is 10.2 Å². The minimum Gasteiger partial charge on any atom is -0.419 e. The van der Waals surface area contributed by atoms with Gasteiger partial charge >= 0.3 is 0 Å². The van der Waals surface area contributed by atoms with Gasteiger partial charge in [-0.3, -0.25) is 0 Å². The molecule has 3 rings (SSSR count). The fourth-order valence-electron chi connectivity index (χ4n) is 2.71. The lowest BCUT2D eigenvalue weighted by atomic mass is 10.1. The van der Waals surface area contributed by atoms with E-state index in [9.17, 15) is 5.26 Å². The SMILES string of the molecule is Cc1ccccc1-c1nc(C#N)c(NCC[NH+]2CCOCC2)o1. The summed E-state index contributed by atoms with van der Waals surface area (Å²) in [6.45, 7) is 7.40. The van der Waals surface area contributed by atoms with Gasteiger partial charge in [-0.1, -0.05) is 18.2 Å². The van der Waals surface area contributed by atoms with Gasteiger partial charge < -0.3 is 19.4 Å². The van der Waals surface area contributed by atoms with Gasteiger partial charge in [0.15, 0.2) is 0 Å². The zero-order valence-corrected chi connectivity index (χ0v) is 13.3. The van der Waals surface area contributed by atoms with E-state index in [1.54, 1.807) is 0 Å². The standard InChI is InChI=1S/C17H20N4O2/c1-13-4-2-3-5-14(13)16-20-15(12-18)17(23-16)19-6-7-21-8-10-22-11-9-21/h2-5,19H,6-11H2,1H3/p+1. The molecule has 1 aliphatic rings. The van der Waals surface area contributed by atoms with Gasteiger partial charge in [0.25, 0.3) is 0 Å². The van der Waals surface area contributed by atoms with E-state index < -0.39 is 0 Å². The van der Waals surface area contributed by atoms with Crippen LogP contribution in [0.1, 0.15) is 11.3 Å². The van der Waals surface area contributed by atoms with Gasteiger partial charge in [0.05, 0.1) is 26.3 Å². The molecule has 2 heterocycles. The van der Waals surface area contributed by atoms with Crippen molar-refractivity contribution in [1.82, 2.24) is 4.98 Å². The molecule has 0 bridgehead atoms. The molecule has 1 aliphatic heterocycles. The predicted molar refractivity (Wildman–Crippen MR) is 86.3 cm³/mol. The normalized spacial score (nSPS) is 15.3. The summed E-state index contributed by atoms with van der Waals surface area (Å²) < 4.78 is 11.1. The van der Waals surface area contributed by atoms with Crippen LogP contribution in [0.3, 0.4) is 0 Å². The van der Waals surface area contributed by atoms with Crippen molar-refractivity contribution in [3.63, 3.8) is 0 Å². The maximum absolute atomic E-state index is 9.26. The number of hydrogen-bond donors (Lipinski definition) is 2. The third-order valence-corrected chi connectivity index (χ3v) is 4.07. The van der Waals surface area contributed by atoms with E-state index in [0.717, 1.165) is 50.5 Å². The number of nitriles is 1. The number of oxazole rings is 1. The number of nitrogens with zero attached hydrogens (tertiary/aromatic N) is 2. The molecule has 6 heteroatoms. The molecular formula is C17H21N4O2+. The summed E-state index contributed by atoms with van der Waals surface area (Å²) in [6.07, 6.45) is 0. The molecule has 0 amide bonds. The number of aromatic nitrogens is 1. The van der Waals surface area contributed by atoms with Gasteiger partial charge in [0.1, 0.15) is 19.2 Å². The first kappa shape index (κ1) is 15.5. The number of aryl methyl sites for hydroxylation is 1. The molecule has 1 aromatic carbocycles. The zero-order chi connectivity index (χ0) is 16.1. The van der Waals surface area contributed by atoms with Crippen LogP contribution in [0.4, 0.5) is 5.88 Å². The first-order chi connectivity index (χ1) is 11.3. The number of rotatable bonds is 5. The molecule has 0 saturated carbocycles. The van der Waals surface area contributed by atoms with Crippen LogP contribution in [0, 0.1) is 18.3 Å². The third kappa shape index (κ3) is 3.70. The Kier molecular flexibility index (Phi) is 4.91. The lowest BCUT2D eigenvalue weighted by Crippen LogP contribution is -3.14. The van der Waals surface area contributed by atoms with Crippen molar-refractivity contribution in [2.24, 2.45) is 0 Å². The van der Waals surface area contributed by atoms with Gasteiger partial charge in [-0.25, -0.2) is 0 Å². The van der Waals surface area contributed by atoms with Gasteiger partial charge in [-0.15, -0.1) is 0 Å². The molecule has 1 aromatic heterocycles. The zero-order valence-electron chi connectivity index (χ0n) is 13.3. The van der Waals surface area contributed by atoms with Crippen LogP contribution in [0.25, 0.3) is 11.5 Å². The summed E-state index contributed by atoms with van der Waals surface area (Å²) in [5.74, 6) is 0.944. The summed E-state index contributed by atoms with van der Waals surface area (Å²) in [5.41, 5.74) is 2.29. The van der Waals surface area contributed by atoms with Crippen molar-refractivity contribution in [2.75, 3.05) is 44.7 Å². The number of ether oxygens (including phenoxy) is 1. The highest BCUT2D eigenvalue weighted by molar-refractivity contribution is 5.62. The fourth-order valence-corrected chi connectivity index (χ4v) is 2.71. The second kappa shape index (κ2) is 7.27. The van der Waals surface area contributed by atoms with Crippen molar-refractivity contribution < 1.29 is 14.1 Å². The second-order valence-corrected chi connectivity index (χ2v) is 5.66. The third-order valence-electron chi connectivity index (χ3n) is 4.07. The molecule has 0 radical (unpaired) electrons. The van der Waals surface area contributed by atoms with Gasteiger partial charge in [0.2, 0.25) is 17.5 Å². The Morgan fingerprint density at radius 2 is 2.09 bits per heavy atom. The minimum atomic E-state index is 0.306. The van der Waals surface area contributed by atoms with Gasteiger partial charge in [0, 0.05) is 5.56 Å². The monoisotopic (exact) mass is 313 g/mol. The van der Waals surface area contributed by atoms with Crippen molar-refractivity contribution in [3.8, 4) is 17.5 Å². The highest BCUT2D eigenvalue weighted by Gasteiger charge is 2.17. The number of benzene rings is 1. The molecule has 0 aliphatic carbocycles. The highest BCUT2D eigenvalue weighted by Crippen LogP contribution is 2.27. The predicted octanol–water partition coefficient (Wildman–Crippen LogP) is 0.849. The van der Waals surface area contributed by atoms with E-state index in [4.69, 9.17) is 9.15 Å². The Morgan fingerprint density at radius 3 is 2.83 bits per heavy atom. The molecule has 1 fully saturated rings. The summed E-state index contributed by atoms with van der Waals surface area (Å²) in [7, 11) is 0. The summed E-state index contributed by atoms with van der Waals surface area (Å²) >= 11 is 0. The van der Waals surface area contributed by atoms with Crippen molar-refractivity contribution in [2.45, 2.75) is 6.92 Å². The van der Waals surface area contributed by atoms with Crippen LogP contribution in [-0.4, -0.2) is 44.4 Å². The van der Waals surface area contributed by atoms with Crippen molar-refractivity contribution in [1.29, 1.82) is 5.26 Å². The average Bonchev–Trinajstić information content (AvgIpc) is 2.99. The molecule has 23 heavy (non-hydrogen) atoms.